The number of nitrogens with zero attached hydrogens (tertiary/aromatic N) is 4. The number of carbonyl (C=O) groups excluding carboxylic acids is 1. The van der Waals surface area contributed by atoms with Gasteiger partial charge in [-0.2, -0.15) is 4.52 Å². The van der Waals surface area contributed by atoms with Crippen molar-refractivity contribution in [3.05, 3.63) is 42.2 Å². The predicted octanol–water partition coefficient (Wildman–Crippen LogP) is 2.11. The van der Waals surface area contributed by atoms with Crippen molar-refractivity contribution in [3.63, 3.8) is 0 Å². The van der Waals surface area contributed by atoms with E-state index in [0.29, 0.717) is 22.9 Å². The van der Waals surface area contributed by atoms with Crippen LogP contribution in [0.5, 0.6) is 0 Å². The molecular weight excluding hydrogens is 323 g/mol. The summed E-state index contributed by atoms with van der Waals surface area (Å²) in [6.45, 7) is 3.88. The van der Waals surface area contributed by atoms with Crippen molar-refractivity contribution < 1.29 is 9.18 Å². The topological polar surface area (TPSA) is 84.2 Å². The highest BCUT2D eigenvalue weighted by Crippen LogP contribution is 2.21. The molecule has 0 aliphatic rings. The third-order valence-corrected chi connectivity index (χ3v) is 3.88. The van der Waals surface area contributed by atoms with E-state index in [9.17, 15) is 9.18 Å². The number of aromatic nitrogens is 4. The number of nitrogens with one attached hydrogen (secondary N) is 2. The maximum atomic E-state index is 14.1. The van der Waals surface area contributed by atoms with Gasteiger partial charge >= 0.3 is 0 Å². The summed E-state index contributed by atoms with van der Waals surface area (Å²) in [5.74, 6) is 0.312. The zero-order chi connectivity index (χ0) is 18.0. The van der Waals surface area contributed by atoms with Crippen molar-refractivity contribution >= 4 is 17.4 Å². The average Bonchev–Trinajstić information content (AvgIpc) is 3.02. The first-order valence-corrected chi connectivity index (χ1v) is 7.96. The number of rotatable bonds is 5. The molecule has 2 N–H and O–H groups in total. The average molecular weight is 342 g/mol. The number of hydrogen-bond donors (Lipinski definition) is 2. The summed E-state index contributed by atoms with van der Waals surface area (Å²) in [5.41, 5.74) is 0.802. The molecule has 0 radical (unpaired) electrons. The lowest BCUT2D eigenvalue weighted by Gasteiger charge is -2.21. The van der Waals surface area contributed by atoms with Crippen LogP contribution < -0.4 is 10.6 Å². The van der Waals surface area contributed by atoms with Crippen LogP contribution in [0.15, 0.2) is 36.4 Å². The van der Waals surface area contributed by atoms with Gasteiger partial charge in [0.2, 0.25) is 5.91 Å². The van der Waals surface area contributed by atoms with Crippen LogP contribution in [-0.2, 0) is 4.79 Å². The smallest absolute Gasteiger partial charge is 0.242 e. The van der Waals surface area contributed by atoms with Gasteiger partial charge < -0.3 is 10.6 Å². The number of carbonyl (C=O) groups is 1. The Morgan fingerprint density at radius 1 is 1.16 bits per heavy atom. The van der Waals surface area contributed by atoms with E-state index in [1.807, 2.05) is 13.8 Å². The second-order valence-electron chi connectivity index (χ2n) is 5.97. The van der Waals surface area contributed by atoms with Crippen molar-refractivity contribution in [2.24, 2.45) is 5.92 Å². The van der Waals surface area contributed by atoms with Crippen LogP contribution in [0.4, 0.5) is 10.2 Å². The Morgan fingerprint density at radius 3 is 2.60 bits per heavy atom. The van der Waals surface area contributed by atoms with Crippen LogP contribution in [0.25, 0.3) is 17.0 Å². The molecular formula is C17H19FN6O. The van der Waals surface area contributed by atoms with Crippen LogP contribution in [0.1, 0.15) is 13.8 Å². The number of likely N-dealkylation sites (N-methyl/N-ethyl adjacent to an activating group) is 1. The van der Waals surface area contributed by atoms with E-state index >= 15 is 0 Å². The van der Waals surface area contributed by atoms with Crippen LogP contribution in [-0.4, -0.2) is 38.8 Å². The standard InChI is InChI=1S/C17H19FN6O/c1-10(2)15(17(25)19-3)20-13-8-9-14-21-22-16(24(14)23-13)11-6-4-5-7-12(11)18/h4-10,15H,1-3H3,(H,19,25)(H,20,23). The minimum Gasteiger partial charge on any atom is -0.357 e. The molecule has 0 bridgehead atoms. The zero-order valence-corrected chi connectivity index (χ0v) is 14.2. The predicted molar refractivity (Wildman–Crippen MR) is 92.5 cm³/mol. The molecule has 8 heteroatoms. The first-order valence-electron chi connectivity index (χ1n) is 7.96. The zero-order valence-electron chi connectivity index (χ0n) is 14.2. The lowest BCUT2D eigenvalue weighted by atomic mass is 10.0. The molecule has 0 aliphatic carbocycles. The summed E-state index contributed by atoms with van der Waals surface area (Å²) in [5, 5.41) is 18.2. The molecule has 2 aromatic heterocycles. The highest BCUT2D eigenvalue weighted by atomic mass is 19.1. The Balaban J connectivity index is 2.01. The fourth-order valence-corrected chi connectivity index (χ4v) is 2.53. The number of hydrogen-bond acceptors (Lipinski definition) is 5. The molecule has 0 saturated heterocycles. The molecule has 0 saturated carbocycles. The van der Waals surface area contributed by atoms with Gasteiger partial charge in [0.05, 0.1) is 5.56 Å². The maximum Gasteiger partial charge on any atom is 0.242 e. The van der Waals surface area contributed by atoms with E-state index < -0.39 is 11.9 Å². The molecule has 130 valence electrons. The van der Waals surface area contributed by atoms with Gasteiger partial charge in [0, 0.05) is 7.05 Å². The number of anilines is 1. The summed E-state index contributed by atoms with van der Waals surface area (Å²) in [6, 6.07) is 9.30. The van der Waals surface area contributed by atoms with Gasteiger partial charge in [0.15, 0.2) is 11.5 Å². The van der Waals surface area contributed by atoms with E-state index in [2.05, 4.69) is 25.9 Å². The SMILES string of the molecule is CNC(=O)C(Nc1ccc2nnc(-c3ccccc3F)n2n1)C(C)C. The largest absolute Gasteiger partial charge is 0.357 e. The fraction of sp³-hybridized carbons (Fsp3) is 0.294. The first-order chi connectivity index (χ1) is 12.0. The summed E-state index contributed by atoms with van der Waals surface area (Å²) in [4.78, 5) is 12.0. The van der Waals surface area contributed by atoms with Crippen LogP contribution >= 0.6 is 0 Å². The van der Waals surface area contributed by atoms with Gasteiger partial charge in [-0.25, -0.2) is 4.39 Å². The van der Waals surface area contributed by atoms with Crippen molar-refractivity contribution in [2.45, 2.75) is 19.9 Å². The Kier molecular flexibility index (Phi) is 4.60. The van der Waals surface area contributed by atoms with E-state index in [-0.39, 0.29) is 11.8 Å². The van der Waals surface area contributed by atoms with Gasteiger partial charge in [0.1, 0.15) is 17.7 Å². The number of fused-ring (bicyclic) bond motifs is 1. The molecule has 1 aromatic carbocycles. The van der Waals surface area contributed by atoms with Gasteiger partial charge in [-0.1, -0.05) is 26.0 Å². The molecule has 1 amide bonds. The molecule has 1 unspecified atom stereocenters. The molecule has 7 nitrogen and oxygen atoms in total. The maximum absolute atomic E-state index is 14.1. The highest BCUT2D eigenvalue weighted by Gasteiger charge is 2.22. The minimum atomic E-state index is -0.441. The number of benzene rings is 1. The van der Waals surface area contributed by atoms with E-state index in [0.717, 1.165) is 0 Å². The number of halogens is 1. The number of amides is 1. The Hall–Kier alpha value is -3.03. The molecule has 1 atom stereocenters. The molecule has 3 rings (SSSR count). The second kappa shape index (κ2) is 6.84. The Labute approximate surface area is 144 Å². The minimum absolute atomic E-state index is 0.0596. The van der Waals surface area contributed by atoms with Gasteiger partial charge in [0.25, 0.3) is 0 Å². The highest BCUT2D eigenvalue weighted by molar-refractivity contribution is 5.84. The second-order valence-corrected chi connectivity index (χ2v) is 5.97. The summed E-state index contributed by atoms with van der Waals surface area (Å²) < 4.78 is 15.5. The third kappa shape index (κ3) is 3.28. The van der Waals surface area contributed by atoms with Crippen molar-refractivity contribution in [1.82, 2.24) is 25.1 Å². The van der Waals surface area contributed by atoms with Crippen molar-refractivity contribution in [2.75, 3.05) is 12.4 Å². The molecule has 3 aromatic rings. The fourth-order valence-electron chi connectivity index (χ4n) is 2.53. The van der Waals surface area contributed by atoms with Crippen molar-refractivity contribution in [1.29, 1.82) is 0 Å². The quantitative estimate of drug-likeness (QED) is 0.742. The van der Waals surface area contributed by atoms with Crippen molar-refractivity contribution in [3.8, 4) is 11.4 Å². The molecule has 0 fully saturated rings. The van der Waals surface area contributed by atoms with E-state index in [1.165, 1.54) is 10.6 Å². The van der Waals surface area contributed by atoms with Crippen LogP contribution in [0, 0.1) is 11.7 Å². The summed E-state index contributed by atoms with van der Waals surface area (Å²) >= 11 is 0. The van der Waals surface area contributed by atoms with Crippen LogP contribution in [0.2, 0.25) is 0 Å². The first kappa shape index (κ1) is 16.8. The monoisotopic (exact) mass is 342 g/mol. The van der Waals surface area contributed by atoms with Gasteiger partial charge in [-0.3, -0.25) is 4.79 Å². The molecule has 25 heavy (non-hydrogen) atoms. The summed E-state index contributed by atoms with van der Waals surface area (Å²) in [6.07, 6.45) is 0. The molecule has 0 spiro atoms. The lowest BCUT2D eigenvalue weighted by molar-refractivity contribution is -0.122. The van der Waals surface area contributed by atoms with Crippen LogP contribution in [0.3, 0.4) is 0 Å². The van der Waals surface area contributed by atoms with Gasteiger partial charge in [-0.05, 0) is 30.2 Å². The Morgan fingerprint density at radius 2 is 1.92 bits per heavy atom. The normalized spacial score (nSPS) is 12.4. The van der Waals surface area contributed by atoms with E-state index in [4.69, 9.17) is 0 Å². The third-order valence-electron chi connectivity index (χ3n) is 3.88. The lowest BCUT2D eigenvalue weighted by Crippen LogP contribution is -2.41. The van der Waals surface area contributed by atoms with Gasteiger partial charge in [-0.15, -0.1) is 15.3 Å². The molecule has 0 aliphatic heterocycles. The molecule has 2 heterocycles. The Bertz CT molecular complexity index is 907. The van der Waals surface area contributed by atoms with E-state index in [1.54, 1.807) is 37.4 Å². The summed E-state index contributed by atoms with van der Waals surface area (Å²) in [7, 11) is 1.59.